The number of hydrogen-bond acceptors (Lipinski definition) is 4. The second kappa shape index (κ2) is 7.97. The van der Waals surface area contributed by atoms with Crippen molar-refractivity contribution in [1.29, 1.82) is 0 Å². The molecule has 0 bridgehead atoms. The first-order valence-corrected chi connectivity index (χ1v) is 6.09. The molecule has 0 aliphatic heterocycles. The summed E-state index contributed by atoms with van der Waals surface area (Å²) in [5, 5.41) is 4.99. The van der Waals surface area contributed by atoms with Crippen LogP contribution in [0.1, 0.15) is 13.8 Å². The molecule has 104 valence electrons. The molecule has 0 aliphatic carbocycles. The van der Waals surface area contributed by atoms with Crippen LogP contribution in [0.25, 0.3) is 0 Å². The van der Waals surface area contributed by atoms with Crippen LogP contribution in [0.5, 0.6) is 5.75 Å². The monoisotopic (exact) mass is 266 g/mol. The van der Waals surface area contributed by atoms with Crippen LogP contribution in [0.3, 0.4) is 0 Å². The van der Waals surface area contributed by atoms with E-state index in [9.17, 15) is 9.59 Å². The highest BCUT2D eigenvalue weighted by Crippen LogP contribution is 2.15. The number of rotatable bonds is 6. The minimum absolute atomic E-state index is 0.156. The first kappa shape index (κ1) is 14.8. The number of carbonyl (C=O) groups excluding carboxylic acids is 2. The van der Waals surface area contributed by atoms with Crippen LogP contribution in [0.15, 0.2) is 24.3 Å². The molecule has 1 rings (SSSR count). The zero-order valence-electron chi connectivity index (χ0n) is 11.1. The van der Waals surface area contributed by atoms with Gasteiger partial charge in [-0.2, -0.15) is 0 Å². The number of benzene rings is 1. The lowest BCUT2D eigenvalue weighted by molar-refractivity contribution is -0.141. The van der Waals surface area contributed by atoms with E-state index in [-0.39, 0.29) is 6.54 Å². The van der Waals surface area contributed by atoms with Crippen molar-refractivity contribution in [2.24, 2.45) is 0 Å². The van der Waals surface area contributed by atoms with E-state index >= 15 is 0 Å². The van der Waals surface area contributed by atoms with E-state index in [2.05, 4.69) is 15.4 Å². The molecule has 0 unspecified atom stereocenters. The van der Waals surface area contributed by atoms with Crippen LogP contribution in [0, 0.1) is 0 Å². The summed E-state index contributed by atoms with van der Waals surface area (Å²) in [4.78, 5) is 22.5. The number of esters is 1. The maximum Gasteiger partial charge on any atom is 0.325 e. The fourth-order valence-corrected chi connectivity index (χ4v) is 1.34. The Morgan fingerprint density at radius 2 is 1.79 bits per heavy atom. The summed E-state index contributed by atoms with van der Waals surface area (Å²) in [5.41, 5.74) is 0.616. The SMILES string of the molecule is CCOC(=O)CNC(=O)Nc1ccc(OCC)cc1. The van der Waals surface area contributed by atoms with Crippen LogP contribution in [-0.4, -0.2) is 31.8 Å². The number of nitrogens with one attached hydrogen (secondary N) is 2. The van der Waals surface area contributed by atoms with Crippen LogP contribution < -0.4 is 15.4 Å². The number of anilines is 1. The molecular weight excluding hydrogens is 248 g/mol. The lowest BCUT2D eigenvalue weighted by Gasteiger charge is -2.08. The van der Waals surface area contributed by atoms with Crippen molar-refractivity contribution < 1.29 is 19.1 Å². The Morgan fingerprint density at radius 1 is 1.11 bits per heavy atom. The van der Waals surface area contributed by atoms with Gasteiger partial charge in [0.05, 0.1) is 13.2 Å². The number of ether oxygens (including phenoxy) is 2. The van der Waals surface area contributed by atoms with Gasteiger partial charge < -0.3 is 20.1 Å². The molecule has 6 nitrogen and oxygen atoms in total. The van der Waals surface area contributed by atoms with Gasteiger partial charge in [-0.3, -0.25) is 4.79 Å². The topological polar surface area (TPSA) is 76.7 Å². The van der Waals surface area contributed by atoms with E-state index < -0.39 is 12.0 Å². The van der Waals surface area contributed by atoms with Gasteiger partial charge in [0.25, 0.3) is 0 Å². The van der Waals surface area contributed by atoms with Crippen LogP contribution in [-0.2, 0) is 9.53 Å². The minimum atomic E-state index is -0.468. The van der Waals surface area contributed by atoms with Crippen LogP contribution in [0.4, 0.5) is 10.5 Å². The summed E-state index contributed by atoms with van der Waals surface area (Å²) in [6, 6.07) is 6.48. The zero-order chi connectivity index (χ0) is 14.1. The Kier molecular flexibility index (Phi) is 6.21. The maximum absolute atomic E-state index is 11.5. The normalized spacial score (nSPS) is 9.58. The molecule has 2 N–H and O–H groups in total. The predicted molar refractivity (Wildman–Crippen MR) is 71.3 cm³/mol. The van der Waals surface area contributed by atoms with Crippen molar-refractivity contribution in [3.8, 4) is 5.75 Å². The molecule has 0 heterocycles. The third-order valence-electron chi connectivity index (χ3n) is 2.12. The van der Waals surface area contributed by atoms with E-state index in [0.717, 1.165) is 5.75 Å². The number of urea groups is 1. The van der Waals surface area contributed by atoms with Gasteiger partial charge >= 0.3 is 12.0 Å². The average Bonchev–Trinajstić information content (AvgIpc) is 2.39. The largest absolute Gasteiger partial charge is 0.494 e. The Labute approximate surface area is 112 Å². The van der Waals surface area contributed by atoms with Crippen molar-refractivity contribution in [1.82, 2.24) is 5.32 Å². The summed E-state index contributed by atoms with van der Waals surface area (Å²) in [6.07, 6.45) is 0. The molecule has 0 fully saturated rings. The van der Waals surface area contributed by atoms with Gasteiger partial charge in [0.2, 0.25) is 0 Å². The van der Waals surface area contributed by atoms with E-state index in [0.29, 0.717) is 18.9 Å². The summed E-state index contributed by atoms with van der Waals surface area (Å²) >= 11 is 0. The fourth-order valence-electron chi connectivity index (χ4n) is 1.34. The third-order valence-corrected chi connectivity index (χ3v) is 2.12. The number of hydrogen-bond donors (Lipinski definition) is 2. The average molecular weight is 266 g/mol. The Morgan fingerprint density at radius 3 is 2.37 bits per heavy atom. The molecule has 2 amide bonds. The van der Waals surface area contributed by atoms with Crippen LogP contribution >= 0.6 is 0 Å². The first-order chi connectivity index (χ1) is 9.15. The summed E-state index contributed by atoms with van der Waals surface area (Å²) < 4.78 is 9.97. The molecule has 0 saturated heterocycles. The Bertz CT molecular complexity index is 417. The van der Waals surface area contributed by atoms with Gasteiger partial charge in [0, 0.05) is 5.69 Å². The standard InChI is InChI=1S/C13H18N2O4/c1-3-18-11-7-5-10(6-8-11)15-13(17)14-9-12(16)19-4-2/h5-8H,3-4,9H2,1-2H3,(H2,14,15,17). The van der Waals surface area contributed by atoms with Crippen LogP contribution in [0.2, 0.25) is 0 Å². The van der Waals surface area contributed by atoms with Crippen molar-refractivity contribution in [2.75, 3.05) is 25.1 Å². The van der Waals surface area contributed by atoms with Gasteiger partial charge in [-0.05, 0) is 38.1 Å². The minimum Gasteiger partial charge on any atom is -0.494 e. The second-order valence-corrected chi connectivity index (χ2v) is 3.57. The molecular formula is C13H18N2O4. The highest BCUT2D eigenvalue weighted by atomic mass is 16.5. The molecule has 0 saturated carbocycles. The van der Waals surface area contributed by atoms with E-state index in [4.69, 9.17) is 4.74 Å². The fraction of sp³-hybridized carbons (Fsp3) is 0.385. The molecule has 1 aromatic carbocycles. The first-order valence-electron chi connectivity index (χ1n) is 6.09. The molecule has 6 heteroatoms. The van der Waals surface area contributed by atoms with E-state index in [1.807, 2.05) is 6.92 Å². The number of carbonyl (C=O) groups is 2. The molecule has 19 heavy (non-hydrogen) atoms. The molecule has 1 aromatic rings. The quantitative estimate of drug-likeness (QED) is 0.769. The Hall–Kier alpha value is -2.24. The highest BCUT2D eigenvalue weighted by molar-refractivity contribution is 5.91. The lowest BCUT2D eigenvalue weighted by Crippen LogP contribution is -2.34. The van der Waals surface area contributed by atoms with Gasteiger partial charge in [-0.15, -0.1) is 0 Å². The van der Waals surface area contributed by atoms with Crippen molar-refractivity contribution in [2.45, 2.75) is 13.8 Å². The van der Waals surface area contributed by atoms with Crippen molar-refractivity contribution in [3.05, 3.63) is 24.3 Å². The number of amides is 2. The van der Waals surface area contributed by atoms with Gasteiger partial charge in [-0.25, -0.2) is 4.79 Å². The lowest BCUT2D eigenvalue weighted by atomic mass is 10.3. The maximum atomic E-state index is 11.5. The predicted octanol–water partition coefficient (Wildman–Crippen LogP) is 1.77. The van der Waals surface area contributed by atoms with Crippen molar-refractivity contribution >= 4 is 17.7 Å². The van der Waals surface area contributed by atoms with Gasteiger partial charge in [-0.1, -0.05) is 0 Å². The van der Waals surface area contributed by atoms with Gasteiger partial charge in [0.1, 0.15) is 12.3 Å². The van der Waals surface area contributed by atoms with Crippen molar-refractivity contribution in [3.63, 3.8) is 0 Å². The highest BCUT2D eigenvalue weighted by Gasteiger charge is 2.05. The summed E-state index contributed by atoms with van der Waals surface area (Å²) in [5.74, 6) is 0.268. The third kappa shape index (κ3) is 5.76. The molecule has 0 aromatic heterocycles. The van der Waals surface area contributed by atoms with Gasteiger partial charge in [0.15, 0.2) is 0 Å². The second-order valence-electron chi connectivity index (χ2n) is 3.57. The molecule has 0 aliphatic rings. The smallest absolute Gasteiger partial charge is 0.325 e. The van der Waals surface area contributed by atoms with E-state index in [1.165, 1.54) is 0 Å². The molecule has 0 spiro atoms. The zero-order valence-corrected chi connectivity index (χ0v) is 11.1. The molecule has 0 atom stereocenters. The summed E-state index contributed by atoms with van der Waals surface area (Å²) in [6.45, 7) is 4.33. The molecule has 0 radical (unpaired) electrons. The Balaban J connectivity index is 2.37. The summed E-state index contributed by atoms with van der Waals surface area (Å²) in [7, 11) is 0. The van der Waals surface area contributed by atoms with E-state index in [1.54, 1.807) is 31.2 Å².